The summed E-state index contributed by atoms with van der Waals surface area (Å²) in [4.78, 5) is 12.1. The molecule has 0 spiro atoms. The average molecular weight is 266 g/mol. The summed E-state index contributed by atoms with van der Waals surface area (Å²) in [5, 5.41) is 0.868. The quantitative estimate of drug-likeness (QED) is 0.685. The molecule has 0 aliphatic heterocycles. The number of rotatable bonds is 3. The fraction of sp³-hybridized carbons (Fsp3) is 0.308. The van der Waals surface area contributed by atoms with Crippen LogP contribution in [0.1, 0.15) is 11.1 Å². The highest BCUT2D eigenvalue weighted by molar-refractivity contribution is 7.80. The Morgan fingerprint density at radius 2 is 2.00 bits per heavy atom. The van der Waals surface area contributed by atoms with E-state index >= 15 is 0 Å². The monoisotopic (exact) mass is 266 g/mol. The number of methoxy groups -OCH3 is 1. The van der Waals surface area contributed by atoms with Gasteiger partial charge >= 0.3 is 0 Å². The van der Waals surface area contributed by atoms with Crippen LogP contribution in [0.5, 0.6) is 5.75 Å². The normalized spacial score (nSPS) is 10.9. The predicted molar refractivity (Wildman–Crippen MR) is 71.7 cm³/mol. The molecule has 2 aromatic rings. The van der Waals surface area contributed by atoms with Crippen molar-refractivity contribution in [3.05, 3.63) is 33.5 Å². The molecule has 0 atom stereocenters. The number of fused-ring (bicyclic) bond motifs is 1. The molecule has 0 fully saturated rings. The summed E-state index contributed by atoms with van der Waals surface area (Å²) >= 11 is 4.16. The summed E-state index contributed by atoms with van der Waals surface area (Å²) in [5.41, 5.74) is 1.71. The lowest BCUT2D eigenvalue weighted by molar-refractivity contribution is 0.0507. The Labute approximate surface area is 110 Å². The van der Waals surface area contributed by atoms with Crippen LogP contribution in [-0.2, 0) is 4.74 Å². The second kappa shape index (κ2) is 5.04. The molecular formula is C13H14O4S. The molecule has 96 valence electrons. The van der Waals surface area contributed by atoms with Gasteiger partial charge in [-0.25, -0.2) is 0 Å². The minimum atomic E-state index is -0.0670. The zero-order valence-corrected chi connectivity index (χ0v) is 11.3. The van der Waals surface area contributed by atoms with Gasteiger partial charge in [0.1, 0.15) is 11.3 Å². The van der Waals surface area contributed by atoms with Crippen LogP contribution in [0, 0.1) is 13.8 Å². The second-order valence-corrected chi connectivity index (χ2v) is 4.38. The Kier molecular flexibility index (Phi) is 3.63. The van der Waals surface area contributed by atoms with Gasteiger partial charge in [-0.3, -0.25) is 4.79 Å². The first-order valence-electron chi connectivity index (χ1n) is 5.44. The molecule has 1 heterocycles. The Bertz CT molecular complexity index is 645. The van der Waals surface area contributed by atoms with Crippen LogP contribution in [0.4, 0.5) is 0 Å². The average Bonchev–Trinajstić information content (AvgIpc) is 2.36. The minimum absolute atomic E-state index is 0.0670. The van der Waals surface area contributed by atoms with E-state index in [1.54, 1.807) is 26.2 Å². The van der Waals surface area contributed by atoms with Gasteiger partial charge in [-0.15, -0.1) is 12.6 Å². The molecule has 0 saturated carbocycles. The van der Waals surface area contributed by atoms with Gasteiger partial charge in [0, 0.05) is 18.2 Å². The number of hydrogen-bond acceptors (Lipinski definition) is 5. The van der Waals surface area contributed by atoms with E-state index in [4.69, 9.17) is 13.9 Å². The topological polar surface area (TPSA) is 48.7 Å². The van der Waals surface area contributed by atoms with E-state index in [1.165, 1.54) is 0 Å². The summed E-state index contributed by atoms with van der Waals surface area (Å²) in [6.45, 7) is 3.67. The Balaban J connectivity index is 2.68. The third-order valence-electron chi connectivity index (χ3n) is 2.79. The van der Waals surface area contributed by atoms with Gasteiger partial charge in [-0.05, 0) is 26.0 Å². The lowest BCUT2D eigenvalue weighted by Gasteiger charge is -2.10. The van der Waals surface area contributed by atoms with Gasteiger partial charge in [-0.2, -0.15) is 0 Å². The lowest BCUT2D eigenvalue weighted by atomic mass is 10.1. The molecule has 0 bridgehead atoms. The standard InChI is InChI=1S/C13H14O4S/c1-7-10(16-6-15-3)5-4-9-11(14)8(2)13(18)17-12(7)9/h4-5,18H,6H2,1-3H3. The van der Waals surface area contributed by atoms with Gasteiger partial charge in [-0.1, -0.05) is 0 Å². The molecule has 0 aliphatic rings. The molecule has 5 heteroatoms. The first-order chi connectivity index (χ1) is 8.56. The molecule has 0 amide bonds. The Morgan fingerprint density at radius 3 is 2.67 bits per heavy atom. The molecule has 0 aliphatic carbocycles. The third kappa shape index (κ3) is 2.11. The van der Waals surface area contributed by atoms with E-state index in [1.807, 2.05) is 6.92 Å². The van der Waals surface area contributed by atoms with Crippen LogP contribution >= 0.6 is 12.6 Å². The van der Waals surface area contributed by atoms with E-state index in [9.17, 15) is 4.79 Å². The number of ether oxygens (including phenoxy) is 2. The highest BCUT2D eigenvalue weighted by Crippen LogP contribution is 2.28. The zero-order valence-electron chi connectivity index (χ0n) is 10.4. The molecule has 0 radical (unpaired) electrons. The molecule has 2 rings (SSSR count). The fourth-order valence-electron chi connectivity index (χ4n) is 1.74. The first kappa shape index (κ1) is 13.0. The fourth-order valence-corrected chi connectivity index (χ4v) is 1.93. The van der Waals surface area contributed by atoms with Crippen LogP contribution in [0.15, 0.2) is 26.4 Å². The van der Waals surface area contributed by atoms with Gasteiger partial charge in [0.15, 0.2) is 17.3 Å². The van der Waals surface area contributed by atoms with Crippen molar-refractivity contribution in [2.75, 3.05) is 13.9 Å². The molecule has 1 aromatic carbocycles. The highest BCUT2D eigenvalue weighted by Gasteiger charge is 2.13. The van der Waals surface area contributed by atoms with Crippen molar-refractivity contribution in [2.45, 2.75) is 18.9 Å². The van der Waals surface area contributed by atoms with Crippen LogP contribution in [0.2, 0.25) is 0 Å². The summed E-state index contributed by atoms with van der Waals surface area (Å²) in [6, 6.07) is 3.44. The van der Waals surface area contributed by atoms with Crippen molar-refractivity contribution in [2.24, 2.45) is 0 Å². The van der Waals surface area contributed by atoms with Crippen LogP contribution in [-0.4, -0.2) is 13.9 Å². The maximum Gasteiger partial charge on any atom is 0.196 e. The van der Waals surface area contributed by atoms with Crippen molar-refractivity contribution in [3.63, 3.8) is 0 Å². The first-order valence-corrected chi connectivity index (χ1v) is 5.88. The maximum atomic E-state index is 12.1. The molecule has 18 heavy (non-hydrogen) atoms. The van der Waals surface area contributed by atoms with Gasteiger partial charge < -0.3 is 13.9 Å². The molecule has 0 N–H and O–H groups in total. The van der Waals surface area contributed by atoms with Gasteiger partial charge in [0.25, 0.3) is 0 Å². The zero-order chi connectivity index (χ0) is 13.3. The third-order valence-corrected chi connectivity index (χ3v) is 3.22. The minimum Gasteiger partial charge on any atom is -0.467 e. The van der Waals surface area contributed by atoms with Crippen molar-refractivity contribution >= 4 is 23.6 Å². The summed E-state index contributed by atoms with van der Waals surface area (Å²) in [7, 11) is 1.55. The van der Waals surface area contributed by atoms with E-state index in [-0.39, 0.29) is 12.2 Å². The number of aryl methyl sites for hydroxylation is 1. The van der Waals surface area contributed by atoms with Crippen LogP contribution in [0.25, 0.3) is 11.0 Å². The largest absolute Gasteiger partial charge is 0.467 e. The predicted octanol–water partition coefficient (Wildman–Crippen LogP) is 2.68. The van der Waals surface area contributed by atoms with E-state index in [0.29, 0.717) is 27.4 Å². The van der Waals surface area contributed by atoms with Crippen molar-refractivity contribution < 1.29 is 13.9 Å². The second-order valence-electron chi connectivity index (χ2n) is 3.98. The van der Waals surface area contributed by atoms with E-state index < -0.39 is 0 Å². The number of hydrogen-bond donors (Lipinski definition) is 1. The van der Waals surface area contributed by atoms with Crippen LogP contribution < -0.4 is 10.2 Å². The molecule has 0 saturated heterocycles. The molecule has 0 unspecified atom stereocenters. The van der Waals surface area contributed by atoms with Crippen molar-refractivity contribution in [1.29, 1.82) is 0 Å². The highest BCUT2D eigenvalue weighted by atomic mass is 32.1. The van der Waals surface area contributed by atoms with Crippen LogP contribution in [0.3, 0.4) is 0 Å². The SMILES string of the molecule is COCOc1ccc2c(=O)c(C)c(S)oc2c1C. The van der Waals surface area contributed by atoms with E-state index in [2.05, 4.69) is 12.6 Å². The smallest absolute Gasteiger partial charge is 0.196 e. The number of thiol groups is 1. The molecular weight excluding hydrogens is 252 g/mol. The Morgan fingerprint density at radius 1 is 1.28 bits per heavy atom. The number of benzene rings is 1. The van der Waals surface area contributed by atoms with E-state index in [0.717, 1.165) is 5.56 Å². The van der Waals surface area contributed by atoms with Gasteiger partial charge in [0.05, 0.1) is 5.39 Å². The lowest BCUT2D eigenvalue weighted by Crippen LogP contribution is -2.08. The molecule has 1 aromatic heterocycles. The van der Waals surface area contributed by atoms with Gasteiger partial charge in [0.2, 0.25) is 0 Å². The summed E-state index contributed by atoms with van der Waals surface area (Å²) in [5.74, 6) is 0.629. The maximum absolute atomic E-state index is 12.1. The summed E-state index contributed by atoms with van der Waals surface area (Å²) in [6.07, 6.45) is 0. The van der Waals surface area contributed by atoms with Crippen molar-refractivity contribution in [1.82, 2.24) is 0 Å². The summed E-state index contributed by atoms with van der Waals surface area (Å²) < 4.78 is 15.8. The molecule has 4 nitrogen and oxygen atoms in total. The Hall–Kier alpha value is -1.46. The van der Waals surface area contributed by atoms with Crippen molar-refractivity contribution in [3.8, 4) is 5.75 Å².